The van der Waals surface area contributed by atoms with Crippen molar-refractivity contribution in [1.29, 1.82) is 0 Å². The minimum absolute atomic E-state index is 0.222. The third-order valence-corrected chi connectivity index (χ3v) is 2.23. The van der Waals surface area contributed by atoms with E-state index in [0.717, 1.165) is 12.2 Å². The number of hydrogen-bond acceptors (Lipinski definition) is 3. The molecule has 1 atom stereocenters. The Balaban J connectivity index is 2.78. The Kier molecular flexibility index (Phi) is 3.73. The zero-order valence-electron chi connectivity index (χ0n) is 10.7. The smallest absolute Gasteiger partial charge is 0.329 e. The minimum atomic E-state index is -0.446. The summed E-state index contributed by atoms with van der Waals surface area (Å²) in [6.45, 7) is 9.44. The Labute approximate surface area is 96.6 Å². The molecule has 0 aliphatic rings. The van der Waals surface area contributed by atoms with Crippen LogP contribution in [0.15, 0.2) is 12.4 Å². The van der Waals surface area contributed by atoms with Gasteiger partial charge in [-0.25, -0.2) is 9.78 Å². The van der Waals surface area contributed by atoms with Crippen LogP contribution in [0, 0.1) is 0 Å². The zero-order valence-corrected chi connectivity index (χ0v) is 10.7. The molecule has 0 spiro atoms. The summed E-state index contributed by atoms with van der Waals surface area (Å²) in [7, 11) is 0. The van der Waals surface area contributed by atoms with Crippen molar-refractivity contribution >= 4 is 5.97 Å². The van der Waals surface area contributed by atoms with E-state index in [0.29, 0.717) is 0 Å². The number of carbonyl (C=O) groups excluding carboxylic acids is 1. The van der Waals surface area contributed by atoms with Crippen LogP contribution < -0.4 is 0 Å². The molecule has 0 bridgehead atoms. The molecule has 1 rings (SSSR count). The van der Waals surface area contributed by atoms with E-state index in [1.165, 1.54) is 0 Å². The number of aryl methyl sites for hydroxylation is 1. The molecule has 4 nitrogen and oxygen atoms in total. The van der Waals surface area contributed by atoms with Gasteiger partial charge in [0, 0.05) is 18.8 Å². The summed E-state index contributed by atoms with van der Waals surface area (Å²) < 4.78 is 7.19. The number of ether oxygens (including phenoxy) is 1. The summed E-state index contributed by atoms with van der Waals surface area (Å²) in [6.07, 6.45) is 4.33. The first-order valence-electron chi connectivity index (χ1n) is 5.59. The molecule has 0 saturated carbocycles. The van der Waals surface area contributed by atoms with Crippen molar-refractivity contribution in [3.05, 3.63) is 18.2 Å². The Bertz CT molecular complexity index is 363. The third kappa shape index (κ3) is 3.08. The van der Waals surface area contributed by atoms with E-state index in [1.807, 2.05) is 45.4 Å². The molecule has 1 aromatic heterocycles. The molecule has 0 aliphatic carbocycles. The predicted octanol–water partition coefficient (Wildman–Crippen LogP) is 2.35. The van der Waals surface area contributed by atoms with Crippen LogP contribution in [0.5, 0.6) is 0 Å². The van der Waals surface area contributed by atoms with Crippen LogP contribution >= 0.6 is 0 Å². The molecular formula is C12H20N2O2. The minimum Gasteiger partial charge on any atom is -0.458 e. The highest BCUT2D eigenvalue weighted by Gasteiger charge is 2.23. The largest absolute Gasteiger partial charge is 0.458 e. The van der Waals surface area contributed by atoms with E-state index in [2.05, 4.69) is 4.98 Å². The van der Waals surface area contributed by atoms with Gasteiger partial charge in [0.15, 0.2) is 0 Å². The lowest BCUT2D eigenvalue weighted by molar-refractivity contribution is -0.158. The molecule has 0 N–H and O–H groups in total. The van der Waals surface area contributed by atoms with E-state index in [1.54, 1.807) is 6.20 Å². The molecule has 0 fully saturated rings. The van der Waals surface area contributed by atoms with Crippen LogP contribution in [-0.2, 0) is 16.0 Å². The number of esters is 1. The summed E-state index contributed by atoms with van der Waals surface area (Å²) >= 11 is 0. The maximum atomic E-state index is 11.9. The Morgan fingerprint density at radius 3 is 2.69 bits per heavy atom. The molecule has 0 saturated heterocycles. The number of hydrogen-bond donors (Lipinski definition) is 0. The van der Waals surface area contributed by atoms with Gasteiger partial charge in [-0.1, -0.05) is 6.92 Å². The maximum Gasteiger partial charge on any atom is 0.329 e. The van der Waals surface area contributed by atoms with Crippen molar-refractivity contribution in [3.63, 3.8) is 0 Å². The van der Waals surface area contributed by atoms with Gasteiger partial charge in [-0.05, 0) is 27.7 Å². The van der Waals surface area contributed by atoms with Crippen molar-refractivity contribution in [2.45, 2.75) is 52.7 Å². The van der Waals surface area contributed by atoms with Gasteiger partial charge in [0.05, 0.1) is 0 Å². The second kappa shape index (κ2) is 4.68. The Morgan fingerprint density at radius 2 is 2.19 bits per heavy atom. The first-order valence-corrected chi connectivity index (χ1v) is 5.59. The summed E-state index contributed by atoms with van der Waals surface area (Å²) in [4.78, 5) is 16.0. The molecular weight excluding hydrogens is 204 g/mol. The average molecular weight is 224 g/mol. The van der Waals surface area contributed by atoms with Gasteiger partial charge in [-0.3, -0.25) is 0 Å². The first kappa shape index (κ1) is 12.7. The summed E-state index contributed by atoms with van der Waals surface area (Å²) in [5, 5.41) is 0. The molecule has 1 heterocycles. The zero-order chi connectivity index (χ0) is 12.3. The van der Waals surface area contributed by atoms with E-state index >= 15 is 0 Å². The lowest BCUT2D eigenvalue weighted by atomic mass is 10.2. The Hall–Kier alpha value is -1.32. The van der Waals surface area contributed by atoms with Crippen molar-refractivity contribution < 1.29 is 9.53 Å². The standard InChI is InChI=1S/C12H20N2O2/c1-6-10-13-7-8-14(10)9(2)11(15)16-12(3,4)5/h7-9H,6H2,1-5H3. The van der Waals surface area contributed by atoms with Crippen molar-refractivity contribution in [3.8, 4) is 0 Å². The van der Waals surface area contributed by atoms with Gasteiger partial charge in [0.2, 0.25) is 0 Å². The van der Waals surface area contributed by atoms with Crippen molar-refractivity contribution in [2.75, 3.05) is 0 Å². The SMILES string of the molecule is CCc1nccn1C(C)C(=O)OC(C)(C)C. The molecule has 0 aliphatic heterocycles. The normalized spacial score (nSPS) is 13.6. The second-order valence-electron chi connectivity index (χ2n) is 4.81. The monoisotopic (exact) mass is 224 g/mol. The van der Waals surface area contributed by atoms with Crippen LogP contribution in [0.25, 0.3) is 0 Å². The fourth-order valence-electron chi connectivity index (χ4n) is 1.47. The molecule has 0 amide bonds. The molecule has 0 radical (unpaired) electrons. The number of rotatable bonds is 3. The molecule has 1 aromatic rings. The fraction of sp³-hybridized carbons (Fsp3) is 0.667. The van der Waals surface area contributed by atoms with Gasteiger partial charge in [-0.15, -0.1) is 0 Å². The van der Waals surface area contributed by atoms with Gasteiger partial charge in [0.25, 0.3) is 0 Å². The fourth-order valence-corrected chi connectivity index (χ4v) is 1.47. The summed E-state index contributed by atoms with van der Waals surface area (Å²) in [6, 6.07) is -0.323. The molecule has 4 heteroatoms. The van der Waals surface area contributed by atoms with Gasteiger partial charge >= 0.3 is 5.97 Å². The molecule has 16 heavy (non-hydrogen) atoms. The first-order chi connectivity index (χ1) is 7.35. The summed E-state index contributed by atoms with van der Waals surface area (Å²) in [5.41, 5.74) is -0.446. The van der Waals surface area contributed by atoms with Crippen LogP contribution in [-0.4, -0.2) is 21.1 Å². The summed E-state index contributed by atoms with van der Waals surface area (Å²) in [5.74, 6) is 0.679. The lowest BCUT2D eigenvalue weighted by Gasteiger charge is -2.23. The van der Waals surface area contributed by atoms with Crippen molar-refractivity contribution in [2.24, 2.45) is 0 Å². The van der Waals surface area contributed by atoms with Gasteiger partial charge in [-0.2, -0.15) is 0 Å². The quantitative estimate of drug-likeness (QED) is 0.740. The van der Waals surface area contributed by atoms with E-state index in [9.17, 15) is 4.79 Å². The van der Waals surface area contributed by atoms with Gasteiger partial charge < -0.3 is 9.30 Å². The van der Waals surface area contributed by atoms with E-state index in [-0.39, 0.29) is 12.0 Å². The third-order valence-electron chi connectivity index (χ3n) is 2.23. The number of nitrogens with zero attached hydrogens (tertiary/aromatic N) is 2. The van der Waals surface area contributed by atoms with E-state index < -0.39 is 5.60 Å². The number of aromatic nitrogens is 2. The van der Waals surface area contributed by atoms with Crippen LogP contribution in [0.4, 0.5) is 0 Å². The van der Waals surface area contributed by atoms with Crippen molar-refractivity contribution in [1.82, 2.24) is 9.55 Å². The molecule has 90 valence electrons. The van der Waals surface area contributed by atoms with Gasteiger partial charge in [0.1, 0.15) is 17.5 Å². The topological polar surface area (TPSA) is 44.1 Å². The Morgan fingerprint density at radius 1 is 1.56 bits per heavy atom. The molecule has 0 aromatic carbocycles. The second-order valence-corrected chi connectivity index (χ2v) is 4.81. The predicted molar refractivity (Wildman–Crippen MR) is 62.2 cm³/mol. The van der Waals surface area contributed by atoms with Crippen LogP contribution in [0.1, 0.15) is 46.5 Å². The maximum absolute atomic E-state index is 11.9. The molecule has 1 unspecified atom stereocenters. The van der Waals surface area contributed by atoms with E-state index in [4.69, 9.17) is 4.74 Å². The highest BCUT2D eigenvalue weighted by Crippen LogP contribution is 2.16. The van der Waals surface area contributed by atoms with Crippen LogP contribution in [0.2, 0.25) is 0 Å². The highest BCUT2D eigenvalue weighted by atomic mass is 16.6. The number of imidazole rings is 1. The highest BCUT2D eigenvalue weighted by molar-refractivity contribution is 5.74. The average Bonchev–Trinajstić information content (AvgIpc) is 2.61. The number of carbonyl (C=O) groups is 1. The lowest BCUT2D eigenvalue weighted by Crippen LogP contribution is -2.29. The van der Waals surface area contributed by atoms with Crippen LogP contribution in [0.3, 0.4) is 0 Å².